The Balaban J connectivity index is 1.80. The minimum atomic E-state index is -3.88. The fourth-order valence-electron chi connectivity index (χ4n) is 2.40. The molecule has 1 heterocycles. The molecular formula is C18H16ClFN2O3S2. The number of methoxy groups -OCH3 is 1. The molecule has 0 fully saturated rings. The summed E-state index contributed by atoms with van der Waals surface area (Å²) in [7, 11) is -2.57. The fourth-order valence-corrected chi connectivity index (χ4v) is 4.82. The summed E-state index contributed by atoms with van der Waals surface area (Å²) in [5, 5.41) is 1.29. The van der Waals surface area contributed by atoms with Crippen molar-refractivity contribution in [3.8, 4) is 16.3 Å². The fraction of sp³-hybridized carbons (Fsp3) is 0.167. The van der Waals surface area contributed by atoms with E-state index in [2.05, 4.69) is 9.71 Å². The zero-order valence-corrected chi connectivity index (χ0v) is 16.9. The van der Waals surface area contributed by atoms with Crippen LogP contribution in [0.5, 0.6) is 5.75 Å². The Morgan fingerprint density at radius 3 is 2.67 bits per heavy atom. The lowest BCUT2D eigenvalue weighted by Crippen LogP contribution is -2.23. The number of hydrogen-bond acceptors (Lipinski definition) is 5. The molecule has 0 aliphatic heterocycles. The third kappa shape index (κ3) is 4.30. The minimum Gasteiger partial charge on any atom is -0.494 e. The monoisotopic (exact) mass is 426 g/mol. The number of thiazole rings is 1. The Bertz CT molecular complexity index is 1080. The molecule has 0 saturated carbocycles. The van der Waals surface area contributed by atoms with Gasteiger partial charge in [0.1, 0.15) is 5.01 Å². The largest absolute Gasteiger partial charge is 0.494 e. The van der Waals surface area contributed by atoms with Crippen LogP contribution in [0.3, 0.4) is 0 Å². The number of nitrogens with one attached hydrogen (secondary N) is 1. The summed E-state index contributed by atoms with van der Waals surface area (Å²) >= 11 is 7.55. The predicted molar refractivity (Wildman–Crippen MR) is 104 cm³/mol. The summed E-state index contributed by atoms with van der Waals surface area (Å²) in [4.78, 5) is 5.05. The molecule has 9 heteroatoms. The molecule has 1 N–H and O–H groups in total. The van der Waals surface area contributed by atoms with Crippen molar-refractivity contribution in [2.45, 2.75) is 18.4 Å². The standard InChI is InChI=1S/C18H16ClFN2O3S2/c1-11-17(26-18(22-11)13-5-3-4-6-14(13)19)10-21-27(23,24)12-7-8-16(25-2)15(20)9-12/h3-9,21H,10H2,1-2H3. The average molecular weight is 427 g/mol. The highest BCUT2D eigenvalue weighted by Crippen LogP contribution is 2.32. The molecule has 27 heavy (non-hydrogen) atoms. The van der Waals surface area contributed by atoms with Crippen molar-refractivity contribution in [3.05, 3.63) is 63.9 Å². The number of sulfonamides is 1. The zero-order valence-electron chi connectivity index (χ0n) is 14.5. The Hall–Kier alpha value is -2.00. The number of halogens is 2. The number of rotatable bonds is 6. The first kappa shape index (κ1) is 19.8. The van der Waals surface area contributed by atoms with E-state index in [4.69, 9.17) is 16.3 Å². The first-order valence-corrected chi connectivity index (χ1v) is 10.5. The van der Waals surface area contributed by atoms with Gasteiger partial charge in [0.05, 0.1) is 22.7 Å². The third-order valence-electron chi connectivity index (χ3n) is 3.85. The molecule has 0 spiro atoms. The van der Waals surface area contributed by atoms with Crippen molar-refractivity contribution in [3.63, 3.8) is 0 Å². The van der Waals surface area contributed by atoms with Gasteiger partial charge in [0.15, 0.2) is 11.6 Å². The van der Waals surface area contributed by atoms with Gasteiger partial charge in [0.25, 0.3) is 0 Å². The molecule has 0 aliphatic carbocycles. The summed E-state index contributed by atoms with van der Waals surface area (Å²) in [6.45, 7) is 1.84. The predicted octanol–water partition coefficient (Wildman–Crippen LogP) is 4.40. The lowest BCUT2D eigenvalue weighted by atomic mass is 10.2. The third-order valence-corrected chi connectivity index (χ3v) is 6.77. The summed E-state index contributed by atoms with van der Waals surface area (Å²) in [6, 6.07) is 10.8. The van der Waals surface area contributed by atoms with Crippen LogP contribution < -0.4 is 9.46 Å². The van der Waals surface area contributed by atoms with Gasteiger partial charge in [-0.2, -0.15) is 0 Å². The van der Waals surface area contributed by atoms with Gasteiger partial charge >= 0.3 is 0 Å². The second-order valence-electron chi connectivity index (χ2n) is 5.63. The van der Waals surface area contributed by atoms with Gasteiger partial charge in [-0.1, -0.05) is 29.8 Å². The zero-order chi connectivity index (χ0) is 19.6. The van der Waals surface area contributed by atoms with Gasteiger partial charge in [-0.15, -0.1) is 11.3 Å². The van der Waals surface area contributed by atoms with E-state index in [1.807, 2.05) is 18.2 Å². The Labute approximate surface area is 165 Å². The molecule has 5 nitrogen and oxygen atoms in total. The Morgan fingerprint density at radius 1 is 1.26 bits per heavy atom. The van der Waals surface area contributed by atoms with Crippen LogP contribution in [-0.4, -0.2) is 20.5 Å². The number of benzene rings is 2. The van der Waals surface area contributed by atoms with Crippen molar-refractivity contribution in [2.75, 3.05) is 7.11 Å². The molecule has 2 aromatic carbocycles. The molecule has 0 amide bonds. The van der Waals surface area contributed by atoms with E-state index < -0.39 is 15.8 Å². The van der Waals surface area contributed by atoms with Crippen LogP contribution in [-0.2, 0) is 16.6 Å². The van der Waals surface area contributed by atoms with Crippen molar-refractivity contribution in [2.24, 2.45) is 0 Å². The second-order valence-corrected chi connectivity index (χ2v) is 8.89. The highest BCUT2D eigenvalue weighted by atomic mass is 35.5. The van der Waals surface area contributed by atoms with E-state index in [0.29, 0.717) is 15.7 Å². The van der Waals surface area contributed by atoms with Gasteiger partial charge in [-0.25, -0.2) is 22.5 Å². The topological polar surface area (TPSA) is 68.3 Å². The number of aromatic nitrogens is 1. The van der Waals surface area contributed by atoms with E-state index in [0.717, 1.165) is 16.5 Å². The molecule has 142 valence electrons. The smallest absolute Gasteiger partial charge is 0.241 e. The van der Waals surface area contributed by atoms with E-state index in [1.165, 1.54) is 30.6 Å². The number of ether oxygens (including phenoxy) is 1. The maximum absolute atomic E-state index is 13.8. The number of nitrogens with zero attached hydrogens (tertiary/aromatic N) is 1. The Kier molecular flexibility index (Phi) is 5.81. The average Bonchev–Trinajstić information content (AvgIpc) is 3.01. The number of aryl methyl sites for hydroxylation is 1. The summed E-state index contributed by atoms with van der Waals surface area (Å²) < 4.78 is 46.0. The van der Waals surface area contributed by atoms with Crippen LogP contribution >= 0.6 is 22.9 Å². The highest BCUT2D eigenvalue weighted by molar-refractivity contribution is 7.89. The van der Waals surface area contributed by atoms with Crippen LogP contribution in [0.2, 0.25) is 5.02 Å². The minimum absolute atomic E-state index is 0.0170. The van der Waals surface area contributed by atoms with Gasteiger partial charge < -0.3 is 4.74 Å². The quantitative estimate of drug-likeness (QED) is 0.634. The Morgan fingerprint density at radius 2 is 2.00 bits per heavy atom. The van der Waals surface area contributed by atoms with Crippen LogP contribution in [0.25, 0.3) is 10.6 Å². The van der Waals surface area contributed by atoms with Crippen molar-refractivity contribution in [1.82, 2.24) is 9.71 Å². The van der Waals surface area contributed by atoms with Crippen molar-refractivity contribution < 1.29 is 17.5 Å². The molecule has 0 bridgehead atoms. The maximum atomic E-state index is 13.8. The summed E-state index contributed by atoms with van der Waals surface area (Å²) in [5.41, 5.74) is 1.50. The highest BCUT2D eigenvalue weighted by Gasteiger charge is 2.18. The van der Waals surface area contributed by atoms with Crippen molar-refractivity contribution >= 4 is 33.0 Å². The van der Waals surface area contributed by atoms with E-state index in [1.54, 1.807) is 13.0 Å². The molecule has 0 aliphatic rings. The van der Waals surface area contributed by atoms with Crippen molar-refractivity contribution in [1.29, 1.82) is 0 Å². The molecule has 0 unspecified atom stereocenters. The van der Waals surface area contributed by atoms with E-state index in [-0.39, 0.29) is 17.2 Å². The van der Waals surface area contributed by atoms with Crippen LogP contribution in [0.4, 0.5) is 4.39 Å². The van der Waals surface area contributed by atoms with Crippen LogP contribution in [0.1, 0.15) is 10.6 Å². The normalized spacial score (nSPS) is 11.6. The molecule has 0 radical (unpaired) electrons. The molecule has 3 rings (SSSR count). The lowest BCUT2D eigenvalue weighted by Gasteiger charge is -2.08. The van der Waals surface area contributed by atoms with Crippen LogP contribution in [0, 0.1) is 12.7 Å². The molecule has 0 atom stereocenters. The van der Waals surface area contributed by atoms with E-state index in [9.17, 15) is 12.8 Å². The van der Waals surface area contributed by atoms with Crippen LogP contribution in [0.15, 0.2) is 47.4 Å². The summed E-state index contributed by atoms with van der Waals surface area (Å²) in [5.74, 6) is -0.757. The second kappa shape index (κ2) is 7.93. The SMILES string of the molecule is COc1ccc(S(=O)(=O)NCc2sc(-c3ccccc3Cl)nc2C)cc1F. The van der Waals surface area contributed by atoms with Gasteiger partial charge in [0, 0.05) is 17.0 Å². The summed E-state index contributed by atoms with van der Waals surface area (Å²) in [6.07, 6.45) is 0. The first-order valence-electron chi connectivity index (χ1n) is 7.86. The van der Waals surface area contributed by atoms with E-state index >= 15 is 0 Å². The molecule has 0 saturated heterocycles. The maximum Gasteiger partial charge on any atom is 0.241 e. The molecule has 3 aromatic rings. The van der Waals surface area contributed by atoms with Gasteiger partial charge in [0.2, 0.25) is 10.0 Å². The molecular weight excluding hydrogens is 411 g/mol. The number of hydrogen-bond donors (Lipinski definition) is 1. The van der Waals surface area contributed by atoms with Gasteiger partial charge in [-0.3, -0.25) is 0 Å². The lowest BCUT2D eigenvalue weighted by molar-refractivity contribution is 0.385. The van der Waals surface area contributed by atoms with Gasteiger partial charge in [-0.05, 0) is 31.2 Å². The first-order chi connectivity index (χ1) is 12.8. The molecule has 1 aromatic heterocycles.